The molecular formula is C21H18ClN3O4. The maximum atomic E-state index is 12.8. The van der Waals surface area contributed by atoms with E-state index in [-0.39, 0.29) is 22.9 Å². The van der Waals surface area contributed by atoms with Crippen LogP contribution in [-0.4, -0.2) is 40.9 Å². The van der Waals surface area contributed by atoms with Crippen molar-refractivity contribution in [1.29, 1.82) is 0 Å². The van der Waals surface area contributed by atoms with Gasteiger partial charge in [-0.1, -0.05) is 29.8 Å². The Morgan fingerprint density at radius 1 is 1.31 bits per heavy atom. The van der Waals surface area contributed by atoms with Crippen LogP contribution in [0.1, 0.15) is 22.3 Å². The number of nitro groups is 1. The molecule has 8 heteroatoms. The summed E-state index contributed by atoms with van der Waals surface area (Å²) in [5.41, 5.74) is 3.17. The molecule has 0 radical (unpaired) electrons. The monoisotopic (exact) mass is 411 g/mol. The van der Waals surface area contributed by atoms with E-state index in [0.29, 0.717) is 24.5 Å². The number of rotatable bonds is 4. The van der Waals surface area contributed by atoms with E-state index in [1.807, 2.05) is 30.5 Å². The number of aromatic nitrogens is 1. The molecule has 0 spiro atoms. The minimum atomic E-state index is -0.550. The molecule has 148 valence electrons. The van der Waals surface area contributed by atoms with Gasteiger partial charge in [0, 0.05) is 41.9 Å². The minimum Gasteiger partial charge on any atom is -0.490 e. The van der Waals surface area contributed by atoms with E-state index in [0.717, 1.165) is 22.0 Å². The average Bonchev–Trinajstić information content (AvgIpc) is 3.18. The first-order valence-electron chi connectivity index (χ1n) is 9.06. The lowest BCUT2D eigenvalue weighted by atomic mass is 9.98. The van der Waals surface area contributed by atoms with Crippen molar-refractivity contribution in [1.82, 2.24) is 9.88 Å². The third-order valence-electron chi connectivity index (χ3n) is 5.13. The fraction of sp³-hybridized carbons (Fsp3) is 0.190. The molecule has 0 saturated heterocycles. The van der Waals surface area contributed by atoms with Gasteiger partial charge in [-0.05, 0) is 30.2 Å². The van der Waals surface area contributed by atoms with Crippen LogP contribution in [-0.2, 0) is 0 Å². The Morgan fingerprint density at radius 3 is 2.83 bits per heavy atom. The van der Waals surface area contributed by atoms with Crippen LogP contribution >= 0.6 is 11.6 Å². The number of ether oxygens (including phenoxy) is 1. The largest absolute Gasteiger partial charge is 0.490 e. The summed E-state index contributed by atoms with van der Waals surface area (Å²) in [6.07, 6.45) is 4.64. The first-order chi connectivity index (χ1) is 14.0. The van der Waals surface area contributed by atoms with E-state index in [4.69, 9.17) is 16.3 Å². The van der Waals surface area contributed by atoms with Gasteiger partial charge in [-0.25, -0.2) is 0 Å². The van der Waals surface area contributed by atoms with E-state index in [1.165, 1.54) is 19.2 Å². The van der Waals surface area contributed by atoms with Gasteiger partial charge < -0.3 is 14.6 Å². The number of halogens is 1. The quantitative estimate of drug-likeness (QED) is 0.499. The third kappa shape index (κ3) is 3.45. The zero-order valence-corrected chi connectivity index (χ0v) is 16.4. The lowest BCUT2D eigenvalue weighted by Gasteiger charge is -2.26. The molecule has 29 heavy (non-hydrogen) atoms. The van der Waals surface area contributed by atoms with E-state index >= 15 is 0 Å². The number of hydrogen-bond donors (Lipinski definition) is 1. The maximum absolute atomic E-state index is 12.8. The predicted octanol–water partition coefficient (Wildman–Crippen LogP) is 4.67. The Hall–Kier alpha value is -3.32. The average molecular weight is 412 g/mol. The predicted molar refractivity (Wildman–Crippen MR) is 111 cm³/mol. The van der Waals surface area contributed by atoms with Crippen molar-refractivity contribution in [3.63, 3.8) is 0 Å². The highest BCUT2D eigenvalue weighted by atomic mass is 35.5. The molecule has 2 heterocycles. The molecule has 1 N–H and O–H groups in total. The van der Waals surface area contributed by atoms with Crippen LogP contribution in [0.15, 0.2) is 48.7 Å². The number of benzene rings is 2. The molecule has 4 rings (SSSR count). The van der Waals surface area contributed by atoms with Crippen molar-refractivity contribution in [2.45, 2.75) is 6.42 Å². The summed E-state index contributed by atoms with van der Waals surface area (Å²) in [6.45, 7) is 0.957. The van der Waals surface area contributed by atoms with Crippen molar-refractivity contribution in [3.8, 4) is 5.75 Å². The second-order valence-corrected chi connectivity index (χ2v) is 7.15. The van der Waals surface area contributed by atoms with Gasteiger partial charge in [-0.2, -0.15) is 0 Å². The van der Waals surface area contributed by atoms with Gasteiger partial charge in [0.15, 0.2) is 5.75 Å². The summed E-state index contributed by atoms with van der Waals surface area (Å²) in [7, 11) is 1.36. The SMILES string of the molecule is COc1ccc(C(=O)N2CC=C(c3c[nH]c4c(Cl)cccc34)CC2)cc1[N+](=O)[O-]. The Labute approximate surface area is 171 Å². The van der Waals surface area contributed by atoms with Gasteiger partial charge in [0.05, 0.1) is 22.6 Å². The lowest BCUT2D eigenvalue weighted by molar-refractivity contribution is -0.385. The van der Waals surface area contributed by atoms with Crippen molar-refractivity contribution in [2.24, 2.45) is 0 Å². The van der Waals surface area contributed by atoms with Crippen LogP contribution in [0, 0.1) is 10.1 Å². The summed E-state index contributed by atoms with van der Waals surface area (Å²) in [5, 5.41) is 12.9. The highest BCUT2D eigenvalue weighted by molar-refractivity contribution is 6.35. The molecule has 3 aromatic rings. The van der Waals surface area contributed by atoms with E-state index in [2.05, 4.69) is 4.98 Å². The smallest absolute Gasteiger partial charge is 0.311 e. The molecule has 7 nitrogen and oxygen atoms in total. The maximum Gasteiger partial charge on any atom is 0.311 e. The second-order valence-electron chi connectivity index (χ2n) is 6.74. The second kappa shape index (κ2) is 7.60. The van der Waals surface area contributed by atoms with Crippen LogP contribution in [0.4, 0.5) is 5.69 Å². The van der Waals surface area contributed by atoms with Crippen LogP contribution < -0.4 is 4.74 Å². The summed E-state index contributed by atoms with van der Waals surface area (Å²) >= 11 is 6.24. The van der Waals surface area contributed by atoms with Crippen molar-refractivity contribution < 1.29 is 14.5 Å². The van der Waals surface area contributed by atoms with Crippen LogP contribution in [0.5, 0.6) is 5.75 Å². The van der Waals surface area contributed by atoms with E-state index < -0.39 is 4.92 Å². The summed E-state index contributed by atoms with van der Waals surface area (Å²) in [5.74, 6) is -0.113. The molecule has 1 aromatic heterocycles. The number of aromatic amines is 1. The highest BCUT2D eigenvalue weighted by Crippen LogP contribution is 2.33. The number of carbonyl (C=O) groups is 1. The molecule has 1 aliphatic rings. The number of nitrogens with one attached hydrogen (secondary N) is 1. The molecule has 1 aliphatic heterocycles. The van der Waals surface area contributed by atoms with Crippen LogP contribution in [0.25, 0.3) is 16.5 Å². The molecule has 0 aliphatic carbocycles. The summed E-state index contributed by atoms with van der Waals surface area (Å²) < 4.78 is 5.00. The minimum absolute atomic E-state index is 0.130. The topological polar surface area (TPSA) is 88.5 Å². The van der Waals surface area contributed by atoms with Gasteiger partial charge >= 0.3 is 5.69 Å². The van der Waals surface area contributed by atoms with Crippen LogP contribution in [0.2, 0.25) is 5.02 Å². The standard InChI is InChI=1S/C21H18ClN3O4/c1-29-19-6-5-14(11-18(19)25(27)28)21(26)24-9-7-13(8-10-24)16-12-23-20-15(16)3-2-4-17(20)22/h2-7,11-12,23H,8-10H2,1H3. The fourth-order valence-electron chi connectivity index (χ4n) is 3.63. The number of nitro benzene ring substituents is 1. The fourth-order valence-corrected chi connectivity index (χ4v) is 3.86. The Balaban J connectivity index is 1.56. The van der Waals surface area contributed by atoms with Crippen molar-refractivity contribution in [3.05, 3.63) is 74.9 Å². The van der Waals surface area contributed by atoms with Gasteiger partial charge in [0.2, 0.25) is 0 Å². The molecule has 0 atom stereocenters. The number of amides is 1. The Kier molecular flexibility index (Phi) is 4.98. The number of nitrogens with zero attached hydrogens (tertiary/aromatic N) is 2. The summed E-state index contributed by atoms with van der Waals surface area (Å²) in [6, 6.07) is 10.0. The van der Waals surface area contributed by atoms with E-state index in [1.54, 1.807) is 11.0 Å². The normalized spacial score (nSPS) is 14.0. The number of para-hydroxylation sites is 1. The van der Waals surface area contributed by atoms with Crippen molar-refractivity contribution >= 4 is 39.7 Å². The van der Waals surface area contributed by atoms with Gasteiger partial charge in [-0.15, -0.1) is 0 Å². The van der Waals surface area contributed by atoms with E-state index in [9.17, 15) is 14.9 Å². The van der Waals surface area contributed by atoms with Gasteiger partial charge in [0.1, 0.15) is 0 Å². The lowest BCUT2D eigenvalue weighted by Crippen LogP contribution is -2.34. The zero-order chi connectivity index (χ0) is 20.5. The number of H-pyrrole nitrogens is 1. The van der Waals surface area contributed by atoms with Crippen molar-refractivity contribution in [2.75, 3.05) is 20.2 Å². The van der Waals surface area contributed by atoms with Crippen LogP contribution in [0.3, 0.4) is 0 Å². The number of fused-ring (bicyclic) bond motifs is 1. The first kappa shape index (κ1) is 19.0. The highest BCUT2D eigenvalue weighted by Gasteiger charge is 2.24. The summed E-state index contributed by atoms with van der Waals surface area (Å²) in [4.78, 5) is 28.4. The van der Waals surface area contributed by atoms with Gasteiger partial charge in [-0.3, -0.25) is 14.9 Å². The first-order valence-corrected chi connectivity index (χ1v) is 9.44. The number of hydrogen-bond acceptors (Lipinski definition) is 4. The molecule has 0 fully saturated rings. The molecule has 0 saturated carbocycles. The molecular weight excluding hydrogens is 394 g/mol. The number of methoxy groups -OCH3 is 1. The van der Waals surface area contributed by atoms with Gasteiger partial charge in [0.25, 0.3) is 5.91 Å². The zero-order valence-electron chi connectivity index (χ0n) is 15.6. The molecule has 0 unspecified atom stereocenters. The third-order valence-corrected chi connectivity index (χ3v) is 5.44. The number of carbonyl (C=O) groups excluding carboxylic acids is 1. The Morgan fingerprint density at radius 2 is 2.14 bits per heavy atom. The molecule has 1 amide bonds. The molecule has 0 bridgehead atoms. The Bertz CT molecular complexity index is 1150. The molecule has 2 aromatic carbocycles.